The second-order valence-electron chi connectivity index (χ2n) is 5.74. The minimum Gasteiger partial charge on any atom is -0.497 e. The zero-order valence-electron chi connectivity index (χ0n) is 14.8. The van der Waals surface area contributed by atoms with E-state index < -0.39 is 5.91 Å². The van der Waals surface area contributed by atoms with Gasteiger partial charge in [0.15, 0.2) is 0 Å². The average molecular weight is 461 g/mol. The van der Waals surface area contributed by atoms with Crippen LogP contribution in [0.4, 0.5) is 5.69 Å². The maximum atomic E-state index is 12.4. The standard InChI is InChI=1S/C20H20IN3O2/c1-13-10-17(21)6-9-19(13)24-20(25)16(11-22)12-23-14(2)15-4-7-18(26-3)8-5-15/h4-10,12,14,23H,1-3H3,(H,24,25)/b16-12-. The van der Waals surface area contributed by atoms with Gasteiger partial charge in [0.1, 0.15) is 17.4 Å². The van der Waals surface area contributed by atoms with E-state index in [2.05, 4.69) is 33.2 Å². The lowest BCUT2D eigenvalue weighted by atomic mass is 10.1. The van der Waals surface area contributed by atoms with E-state index >= 15 is 0 Å². The van der Waals surface area contributed by atoms with E-state index in [1.807, 2.05) is 62.4 Å². The van der Waals surface area contributed by atoms with Crippen LogP contribution in [0.3, 0.4) is 0 Å². The molecule has 0 aliphatic carbocycles. The predicted octanol–water partition coefficient (Wildman–Crippen LogP) is 4.31. The first-order valence-corrected chi connectivity index (χ1v) is 9.10. The number of rotatable bonds is 6. The summed E-state index contributed by atoms with van der Waals surface area (Å²) < 4.78 is 6.23. The summed E-state index contributed by atoms with van der Waals surface area (Å²) in [6, 6.07) is 15.2. The van der Waals surface area contributed by atoms with Crippen LogP contribution >= 0.6 is 22.6 Å². The fourth-order valence-electron chi connectivity index (χ4n) is 2.30. The number of anilines is 1. The molecule has 2 rings (SSSR count). The lowest BCUT2D eigenvalue weighted by Crippen LogP contribution is -2.19. The quantitative estimate of drug-likeness (QED) is 0.382. The number of benzene rings is 2. The first-order chi connectivity index (χ1) is 12.4. The monoisotopic (exact) mass is 461 g/mol. The van der Waals surface area contributed by atoms with Gasteiger partial charge in [-0.3, -0.25) is 4.79 Å². The molecule has 0 radical (unpaired) electrons. The van der Waals surface area contributed by atoms with Crippen LogP contribution in [-0.4, -0.2) is 13.0 Å². The molecule has 1 unspecified atom stereocenters. The summed E-state index contributed by atoms with van der Waals surface area (Å²) in [6.07, 6.45) is 1.45. The summed E-state index contributed by atoms with van der Waals surface area (Å²) >= 11 is 2.21. The molecule has 0 spiro atoms. The lowest BCUT2D eigenvalue weighted by molar-refractivity contribution is -0.112. The van der Waals surface area contributed by atoms with Gasteiger partial charge in [0.2, 0.25) is 0 Å². The van der Waals surface area contributed by atoms with Gasteiger partial charge in [-0.25, -0.2) is 0 Å². The lowest BCUT2D eigenvalue weighted by Gasteiger charge is -2.13. The third-order valence-corrected chi connectivity index (χ3v) is 4.57. The zero-order valence-corrected chi connectivity index (χ0v) is 17.0. The van der Waals surface area contributed by atoms with Gasteiger partial charge in [0, 0.05) is 21.5 Å². The Hall–Kier alpha value is -2.53. The molecule has 0 heterocycles. The summed E-state index contributed by atoms with van der Waals surface area (Å²) in [6.45, 7) is 3.87. The van der Waals surface area contributed by atoms with Crippen LogP contribution in [-0.2, 0) is 4.79 Å². The van der Waals surface area contributed by atoms with Crippen LogP contribution in [0.2, 0.25) is 0 Å². The van der Waals surface area contributed by atoms with E-state index in [4.69, 9.17) is 4.74 Å². The SMILES string of the molecule is COc1ccc(C(C)N/C=C(/C#N)C(=O)Nc2ccc(I)cc2C)cc1. The number of nitriles is 1. The molecule has 6 heteroatoms. The van der Waals surface area contributed by atoms with Crippen molar-refractivity contribution in [1.82, 2.24) is 5.32 Å². The molecule has 2 aromatic carbocycles. The molecule has 0 saturated heterocycles. The first kappa shape index (κ1) is 19.8. The summed E-state index contributed by atoms with van der Waals surface area (Å²) in [7, 11) is 1.62. The molecule has 2 N–H and O–H groups in total. The largest absolute Gasteiger partial charge is 0.497 e. The number of hydrogen-bond donors (Lipinski definition) is 2. The van der Waals surface area contributed by atoms with E-state index in [0.717, 1.165) is 20.4 Å². The molecule has 0 fully saturated rings. The van der Waals surface area contributed by atoms with E-state index in [0.29, 0.717) is 5.69 Å². The van der Waals surface area contributed by atoms with Crippen LogP contribution in [0.1, 0.15) is 24.1 Å². The normalized spacial score (nSPS) is 12.0. The molecule has 0 bridgehead atoms. The summed E-state index contributed by atoms with van der Waals surface area (Å²) in [5, 5.41) is 15.2. The molecule has 0 aromatic heterocycles. The highest BCUT2D eigenvalue weighted by molar-refractivity contribution is 14.1. The molecule has 134 valence electrons. The second kappa shape index (κ2) is 9.25. The highest BCUT2D eigenvalue weighted by atomic mass is 127. The fourth-order valence-corrected chi connectivity index (χ4v) is 2.95. The number of halogens is 1. The number of nitrogens with zero attached hydrogens (tertiary/aromatic N) is 1. The van der Waals surface area contributed by atoms with E-state index in [1.165, 1.54) is 6.20 Å². The maximum Gasteiger partial charge on any atom is 0.267 e. The minimum absolute atomic E-state index is 0.0170. The molecule has 0 saturated carbocycles. The van der Waals surface area contributed by atoms with Crippen molar-refractivity contribution in [1.29, 1.82) is 5.26 Å². The van der Waals surface area contributed by atoms with Crippen molar-refractivity contribution in [3.63, 3.8) is 0 Å². The highest BCUT2D eigenvalue weighted by Gasteiger charge is 2.12. The van der Waals surface area contributed by atoms with Gasteiger partial charge in [-0.15, -0.1) is 0 Å². The van der Waals surface area contributed by atoms with Crippen molar-refractivity contribution < 1.29 is 9.53 Å². The van der Waals surface area contributed by atoms with E-state index in [1.54, 1.807) is 7.11 Å². The van der Waals surface area contributed by atoms with Gasteiger partial charge in [-0.1, -0.05) is 12.1 Å². The Morgan fingerprint density at radius 3 is 2.54 bits per heavy atom. The van der Waals surface area contributed by atoms with Gasteiger partial charge >= 0.3 is 0 Å². The average Bonchev–Trinajstić information content (AvgIpc) is 2.64. The molecule has 0 aliphatic rings. The third-order valence-electron chi connectivity index (χ3n) is 3.90. The second-order valence-corrected chi connectivity index (χ2v) is 6.99. The van der Waals surface area contributed by atoms with Gasteiger partial charge in [0.05, 0.1) is 7.11 Å². The number of methoxy groups -OCH3 is 1. The van der Waals surface area contributed by atoms with Crippen LogP contribution in [0, 0.1) is 21.8 Å². The minimum atomic E-state index is -0.439. The smallest absolute Gasteiger partial charge is 0.267 e. The van der Waals surface area contributed by atoms with Gasteiger partial charge in [-0.2, -0.15) is 5.26 Å². The number of hydrogen-bond acceptors (Lipinski definition) is 4. The van der Waals surface area contributed by atoms with Crippen molar-refractivity contribution in [3.05, 3.63) is 68.9 Å². The summed E-state index contributed by atoms with van der Waals surface area (Å²) in [4.78, 5) is 12.4. The Bertz CT molecular complexity index is 854. The molecule has 2 aromatic rings. The van der Waals surface area contributed by atoms with E-state index in [9.17, 15) is 10.1 Å². The number of carbonyl (C=O) groups is 1. The van der Waals surface area contributed by atoms with Crippen LogP contribution in [0.5, 0.6) is 5.75 Å². The van der Waals surface area contributed by atoms with Crippen molar-refractivity contribution in [3.8, 4) is 11.8 Å². The Morgan fingerprint density at radius 2 is 1.96 bits per heavy atom. The van der Waals surface area contributed by atoms with Gasteiger partial charge in [0.25, 0.3) is 5.91 Å². The van der Waals surface area contributed by atoms with Crippen molar-refractivity contribution in [2.24, 2.45) is 0 Å². The maximum absolute atomic E-state index is 12.4. The highest BCUT2D eigenvalue weighted by Crippen LogP contribution is 2.19. The van der Waals surface area contributed by atoms with Gasteiger partial charge in [-0.05, 0) is 77.9 Å². The molecule has 5 nitrogen and oxygen atoms in total. The molecule has 26 heavy (non-hydrogen) atoms. The Kier molecular flexibility index (Phi) is 7.04. The number of ether oxygens (including phenoxy) is 1. The van der Waals surface area contributed by atoms with Crippen molar-refractivity contribution >= 4 is 34.2 Å². The Morgan fingerprint density at radius 1 is 1.27 bits per heavy atom. The first-order valence-electron chi connectivity index (χ1n) is 8.02. The topological polar surface area (TPSA) is 74.1 Å². The number of aryl methyl sites for hydroxylation is 1. The van der Waals surface area contributed by atoms with Crippen LogP contribution < -0.4 is 15.4 Å². The summed E-state index contributed by atoms with van der Waals surface area (Å²) in [5.41, 5.74) is 2.68. The van der Waals surface area contributed by atoms with Crippen molar-refractivity contribution in [2.75, 3.05) is 12.4 Å². The molecular weight excluding hydrogens is 441 g/mol. The fraction of sp³-hybridized carbons (Fsp3) is 0.200. The Labute approximate surface area is 167 Å². The van der Waals surface area contributed by atoms with Gasteiger partial charge < -0.3 is 15.4 Å². The third kappa shape index (κ3) is 5.23. The molecule has 1 amide bonds. The predicted molar refractivity (Wildman–Crippen MR) is 111 cm³/mol. The molecule has 0 aliphatic heterocycles. The molecular formula is C20H20IN3O2. The van der Waals surface area contributed by atoms with Crippen molar-refractivity contribution in [2.45, 2.75) is 19.9 Å². The van der Waals surface area contributed by atoms with Crippen LogP contribution in [0.25, 0.3) is 0 Å². The number of amides is 1. The molecule has 1 atom stereocenters. The number of nitrogens with one attached hydrogen (secondary N) is 2. The van der Waals surface area contributed by atoms with E-state index in [-0.39, 0.29) is 11.6 Å². The summed E-state index contributed by atoms with van der Waals surface area (Å²) in [5.74, 6) is 0.340. The number of carbonyl (C=O) groups excluding carboxylic acids is 1. The Balaban J connectivity index is 2.06. The van der Waals surface area contributed by atoms with Crippen LogP contribution in [0.15, 0.2) is 54.2 Å². The zero-order chi connectivity index (χ0) is 19.1.